The van der Waals surface area contributed by atoms with E-state index in [0.29, 0.717) is 24.6 Å². The molecule has 0 bridgehead atoms. The number of rotatable bonds is 7. The number of hydrogen-bond donors (Lipinski definition) is 0. The van der Waals surface area contributed by atoms with Crippen LogP contribution in [0.25, 0.3) is 0 Å². The first-order valence-electron chi connectivity index (χ1n) is 6.24. The van der Waals surface area contributed by atoms with Gasteiger partial charge in [0, 0.05) is 36.3 Å². The first-order valence-corrected chi connectivity index (χ1v) is 9.43. The van der Waals surface area contributed by atoms with Gasteiger partial charge in [-0.3, -0.25) is 4.79 Å². The zero-order valence-electron chi connectivity index (χ0n) is 11.0. The van der Waals surface area contributed by atoms with Crippen molar-refractivity contribution in [1.82, 2.24) is 4.90 Å². The molecule has 1 aromatic heterocycles. The number of thiophene rings is 1. The van der Waals surface area contributed by atoms with Crippen LogP contribution in [0.4, 0.5) is 0 Å². The molecule has 0 spiro atoms. The second-order valence-electron chi connectivity index (χ2n) is 4.84. The van der Waals surface area contributed by atoms with Crippen LogP contribution in [0.2, 0.25) is 0 Å². The Morgan fingerprint density at radius 1 is 1.55 bits per heavy atom. The molecule has 1 aliphatic rings. The van der Waals surface area contributed by atoms with Crippen molar-refractivity contribution < 1.29 is 17.9 Å². The van der Waals surface area contributed by atoms with Crippen LogP contribution in [-0.2, 0) is 13.8 Å². The molecule has 112 valence electrons. The topological polar surface area (TPSA) is 63.7 Å². The molecule has 0 atom stereocenters. The second-order valence-corrected chi connectivity index (χ2v) is 8.54. The first-order chi connectivity index (χ1) is 9.38. The Hall–Kier alpha value is -0.630. The fourth-order valence-electron chi connectivity index (χ4n) is 1.61. The van der Waals surface area contributed by atoms with Gasteiger partial charge in [-0.05, 0) is 24.8 Å². The molecule has 8 heteroatoms. The molecular weight excluding hydrogens is 322 g/mol. The lowest BCUT2D eigenvalue weighted by Gasteiger charge is -2.16. The lowest BCUT2D eigenvalue weighted by molar-refractivity contribution is 0.0681. The van der Waals surface area contributed by atoms with E-state index in [4.69, 9.17) is 15.4 Å². The highest BCUT2D eigenvalue weighted by molar-refractivity contribution is 8.15. The van der Waals surface area contributed by atoms with Crippen LogP contribution in [0.15, 0.2) is 15.7 Å². The van der Waals surface area contributed by atoms with E-state index in [1.807, 2.05) is 0 Å². The minimum atomic E-state index is -3.77. The SMILES string of the molecule is CN(CCOCC1CC1)C(=O)c1csc(S(=O)(=O)Cl)c1. The van der Waals surface area contributed by atoms with Crippen molar-refractivity contribution in [2.45, 2.75) is 17.1 Å². The summed E-state index contributed by atoms with van der Waals surface area (Å²) in [6.07, 6.45) is 2.47. The lowest BCUT2D eigenvalue weighted by Crippen LogP contribution is -2.30. The molecular formula is C12H16ClNO4S2. The van der Waals surface area contributed by atoms with Crippen molar-refractivity contribution in [3.05, 3.63) is 17.0 Å². The van der Waals surface area contributed by atoms with Crippen LogP contribution in [-0.4, -0.2) is 46.0 Å². The van der Waals surface area contributed by atoms with E-state index in [1.54, 1.807) is 7.05 Å². The Bertz CT molecular complexity index is 580. The van der Waals surface area contributed by atoms with Crippen molar-refractivity contribution >= 4 is 37.0 Å². The summed E-state index contributed by atoms with van der Waals surface area (Å²) in [5.74, 6) is 0.465. The molecule has 1 aliphatic carbocycles. The Kier molecular flexibility index (Phi) is 5.06. The van der Waals surface area contributed by atoms with Crippen LogP contribution < -0.4 is 0 Å². The van der Waals surface area contributed by atoms with Gasteiger partial charge in [0.1, 0.15) is 4.21 Å². The molecule has 0 radical (unpaired) electrons. The van der Waals surface area contributed by atoms with Crippen molar-refractivity contribution in [1.29, 1.82) is 0 Å². The lowest BCUT2D eigenvalue weighted by atomic mass is 10.3. The van der Waals surface area contributed by atoms with Crippen molar-refractivity contribution in [2.75, 3.05) is 26.8 Å². The van der Waals surface area contributed by atoms with Crippen LogP contribution >= 0.6 is 22.0 Å². The summed E-state index contributed by atoms with van der Waals surface area (Å²) in [6.45, 7) is 1.73. The zero-order chi connectivity index (χ0) is 14.8. The number of halogens is 1. The third-order valence-electron chi connectivity index (χ3n) is 3.03. The van der Waals surface area contributed by atoms with Crippen molar-refractivity contribution in [2.24, 2.45) is 5.92 Å². The number of amides is 1. The Labute approximate surface area is 126 Å². The minimum absolute atomic E-state index is 0.0131. The van der Waals surface area contributed by atoms with Gasteiger partial charge in [0.25, 0.3) is 15.0 Å². The molecule has 2 rings (SSSR count). The normalized spacial score (nSPS) is 15.3. The van der Waals surface area contributed by atoms with E-state index in [1.165, 1.54) is 29.2 Å². The Morgan fingerprint density at radius 3 is 2.80 bits per heavy atom. The molecule has 0 N–H and O–H groups in total. The summed E-state index contributed by atoms with van der Waals surface area (Å²) in [4.78, 5) is 13.6. The van der Waals surface area contributed by atoms with Crippen LogP contribution in [0.5, 0.6) is 0 Å². The van der Waals surface area contributed by atoms with Crippen molar-refractivity contribution in [3.8, 4) is 0 Å². The van der Waals surface area contributed by atoms with Gasteiger partial charge in [-0.1, -0.05) is 0 Å². The number of nitrogens with zero attached hydrogens (tertiary/aromatic N) is 1. The van der Waals surface area contributed by atoms with E-state index >= 15 is 0 Å². The molecule has 1 heterocycles. The molecule has 5 nitrogen and oxygen atoms in total. The second kappa shape index (κ2) is 6.43. The van der Waals surface area contributed by atoms with Gasteiger partial charge >= 0.3 is 0 Å². The fraction of sp³-hybridized carbons (Fsp3) is 0.583. The van der Waals surface area contributed by atoms with Crippen LogP contribution in [0, 0.1) is 5.92 Å². The number of likely N-dealkylation sites (N-methyl/N-ethyl adjacent to an activating group) is 1. The maximum Gasteiger partial charge on any atom is 0.270 e. The summed E-state index contributed by atoms with van der Waals surface area (Å²) in [7, 11) is 3.12. The summed E-state index contributed by atoms with van der Waals surface area (Å²) in [5.41, 5.74) is 0.332. The highest BCUT2D eigenvalue weighted by atomic mass is 35.7. The number of hydrogen-bond acceptors (Lipinski definition) is 5. The summed E-state index contributed by atoms with van der Waals surface area (Å²) < 4.78 is 27.8. The van der Waals surface area contributed by atoms with Gasteiger partial charge in [-0.15, -0.1) is 11.3 Å². The zero-order valence-corrected chi connectivity index (χ0v) is 13.4. The van der Waals surface area contributed by atoms with Gasteiger partial charge < -0.3 is 9.64 Å². The molecule has 1 amide bonds. The van der Waals surface area contributed by atoms with Crippen LogP contribution in [0.1, 0.15) is 23.2 Å². The number of carbonyl (C=O) groups is 1. The average molecular weight is 338 g/mol. The summed E-state index contributed by atoms with van der Waals surface area (Å²) in [5, 5.41) is 1.50. The van der Waals surface area contributed by atoms with Crippen molar-refractivity contribution in [3.63, 3.8) is 0 Å². The Balaban J connectivity index is 1.84. The maximum absolute atomic E-state index is 12.1. The van der Waals surface area contributed by atoms with E-state index in [0.717, 1.165) is 17.9 Å². The monoisotopic (exact) mass is 337 g/mol. The molecule has 0 aromatic carbocycles. The highest BCUT2D eigenvalue weighted by Gasteiger charge is 2.22. The first kappa shape index (κ1) is 15.8. The Morgan fingerprint density at radius 2 is 2.25 bits per heavy atom. The molecule has 20 heavy (non-hydrogen) atoms. The fourth-order valence-corrected chi connectivity index (χ4v) is 3.55. The van der Waals surface area contributed by atoms with E-state index < -0.39 is 9.05 Å². The predicted molar refractivity (Wildman–Crippen MR) is 77.9 cm³/mol. The largest absolute Gasteiger partial charge is 0.379 e. The van der Waals surface area contributed by atoms with E-state index in [-0.39, 0.29) is 10.1 Å². The van der Waals surface area contributed by atoms with E-state index in [9.17, 15) is 13.2 Å². The smallest absolute Gasteiger partial charge is 0.270 e. The standard InChI is InChI=1S/C12H16ClNO4S2/c1-14(4-5-18-7-9-2-3-9)12(15)10-6-11(19-8-10)20(13,16)17/h6,8-9H,2-5,7H2,1H3. The quantitative estimate of drug-likeness (QED) is 0.565. The minimum Gasteiger partial charge on any atom is -0.379 e. The molecule has 0 unspecified atom stereocenters. The molecule has 1 fully saturated rings. The van der Waals surface area contributed by atoms with Gasteiger partial charge in [-0.25, -0.2) is 8.42 Å². The maximum atomic E-state index is 12.1. The summed E-state index contributed by atoms with van der Waals surface area (Å²) in [6, 6.07) is 1.30. The molecule has 0 aliphatic heterocycles. The number of carbonyl (C=O) groups excluding carboxylic acids is 1. The highest BCUT2D eigenvalue weighted by Crippen LogP contribution is 2.28. The van der Waals surface area contributed by atoms with E-state index in [2.05, 4.69) is 0 Å². The molecule has 1 aromatic rings. The van der Waals surface area contributed by atoms with Gasteiger partial charge in [0.05, 0.1) is 12.2 Å². The average Bonchev–Trinajstić information content (AvgIpc) is 3.05. The van der Waals surface area contributed by atoms with Gasteiger partial charge in [0.2, 0.25) is 0 Å². The summed E-state index contributed by atoms with van der Waals surface area (Å²) >= 11 is 0.944. The van der Waals surface area contributed by atoms with Gasteiger partial charge in [-0.2, -0.15) is 0 Å². The third-order valence-corrected chi connectivity index (χ3v) is 6.07. The van der Waals surface area contributed by atoms with Crippen LogP contribution in [0.3, 0.4) is 0 Å². The molecule has 1 saturated carbocycles. The molecule has 0 saturated heterocycles. The third kappa shape index (κ3) is 4.44. The predicted octanol–water partition coefficient (Wildman–Crippen LogP) is 2.17. The number of ether oxygens (including phenoxy) is 1. The van der Waals surface area contributed by atoms with Gasteiger partial charge in [0.15, 0.2) is 0 Å².